The van der Waals surface area contributed by atoms with Crippen LogP contribution in [0.15, 0.2) is 73.1 Å². The maximum atomic E-state index is 13.9. The Hall–Kier alpha value is -4.07. The first-order chi connectivity index (χ1) is 17.0. The van der Waals surface area contributed by atoms with Gasteiger partial charge in [0, 0.05) is 24.6 Å². The molecule has 0 saturated carbocycles. The lowest BCUT2D eigenvalue weighted by atomic mass is 10.0. The van der Waals surface area contributed by atoms with E-state index in [-0.39, 0.29) is 18.4 Å². The van der Waals surface area contributed by atoms with Gasteiger partial charge in [-0.05, 0) is 60.7 Å². The third-order valence-electron chi connectivity index (χ3n) is 5.90. The van der Waals surface area contributed by atoms with E-state index in [9.17, 15) is 9.59 Å². The van der Waals surface area contributed by atoms with Gasteiger partial charge in [-0.3, -0.25) is 19.5 Å². The molecule has 2 heterocycles. The SMILES string of the molecule is Cc1ccccc1N(C(=O)Cn1nnc2ccccc21)[C@@H](C(=O)NCCC(C)C)c1ccncc1. The molecule has 0 aliphatic heterocycles. The summed E-state index contributed by atoms with van der Waals surface area (Å²) in [5.41, 5.74) is 3.70. The highest BCUT2D eigenvalue weighted by molar-refractivity contribution is 6.02. The van der Waals surface area contributed by atoms with Crippen LogP contribution in [-0.2, 0) is 16.1 Å². The van der Waals surface area contributed by atoms with Crippen molar-refractivity contribution in [1.82, 2.24) is 25.3 Å². The lowest BCUT2D eigenvalue weighted by Crippen LogP contribution is -2.46. The molecule has 4 aromatic rings. The minimum Gasteiger partial charge on any atom is -0.354 e. The second kappa shape index (κ2) is 10.9. The number of fused-ring (bicyclic) bond motifs is 1. The molecule has 2 aromatic carbocycles. The number of carbonyl (C=O) groups is 2. The molecule has 1 N–H and O–H groups in total. The van der Waals surface area contributed by atoms with E-state index in [1.807, 2.05) is 55.5 Å². The highest BCUT2D eigenvalue weighted by Gasteiger charge is 2.33. The summed E-state index contributed by atoms with van der Waals surface area (Å²) in [4.78, 5) is 33.2. The molecule has 0 spiro atoms. The van der Waals surface area contributed by atoms with Crippen molar-refractivity contribution < 1.29 is 9.59 Å². The highest BCUT2D eigenvalue weighted by Crippen LogP contribution is 2.31. The van der Waals surface area contributed by atoms with Crippen molar-refractivity contribution in [2.75, 3.05) is 11.4 Å². The Bertz CT molecular complexity index is 1300. The first-order valence-corrected chi connectivity index (χ1v) is 11.8. The van der Waals surface area contributed by atoms with Crippen molar-refractivity contribution in [2.45, 2.75) is 39.8 Å². The molecular formula is C27H30N6O2. The number of amides is 2. The summed E-state index contributed by atoms with van der Waals surface area (Å²) < 4.78 is 1.57. The Morgan fingerprint density at radius 2 is 1.71 bits per heavy atom. The maximum absolute atomic E-state index is 13.9. The third-order valence-corrected chi connectivity index (χ3v) is 5.90. The monoisotopic (exact) mass is 470 g/mol. The van der Waals surface area contributed by atoms with E-state index in [4.69, 9.17) is 0 Å². The van der Waals surface area contributed by atoms with E-state index in [0.29, 0.717) is 29.2 Å². The molecule has 0 fully saturated rings. The van der Waals surface area contributed by atoms with E-state index in [1.54, 1.807) is 34.1 Å². The van der Waals surface area contributed by atoms with Gasteiger partial charge in [0.15, 0.2) is 0 Å². The van der Waals surface area contributed by atoms with Crippen molar-refractivity contribution in [1.29, 1.82) is 0 Å². The molecule has 0 bridgehead atoms. The van der Waals surface area contributed by atoms with Gasteiger partial charge in [0.1, 0.15) is 18.1 Å². The molecule has 0 saturated heterocycles. The topological polar surface area (TPSA) is 93.0 Å². The van der Waals surface area contributed by atoms with Crippen LogP contribution in [0.2, 0.25) is 0 Å². The van der Waals surface area contributed by atoms with Gasteiger partial charge < -0.3 is 5.32 Å². The van der Waals surface area contributed by atoms with Crippen LogP contribution in [0.4, 0.5) is 5.69 Å². The lowest BCUT2D eigenvalue weighted by Gasteiger charge is -2.32. The van der Waals surface area contributed by atoms with Gasteiger partial charge in [0.05, 0.1) is 5.52 Å². The molecular weight excluding hydrogens is 440 g/mol. The number of nitrogens with zero attached hydrogens (tertiary/aromatic N) is 5. The number of nitrogens with one attached hydrogen (secondary N) is 1. The molecule has 2 amide bonds. The fourth-order valence-electron chi connectivity index (χ4n) is 4.03. The molecule has 8 nitrogen and oxygen atoms in total. The van der Waals surface area contributed by atoms with Gasteiger partial charge in [0.2, 0.25) is 11.8 Å². The summed E-state index contributed by atoms with van der Waals surface area (Å²) in [6.45, 7) is 6.62. The zero-order valence-corrected chi connectivity index (χ0v) is 20.3. The molecule has 0 aliphatic rings. The summed E-state index contributed by atoms with van der Waals surface area (Å²) in [6.07, 6.45) is 4.11. The number of rotatable bonds is 9. The minimum absolute atomic E-state index is 0.0598. The van der Waals surface area contributed by atoms with Crippen LogP contribution >= 0.6 is 0 Å². The molecule has 0 radical (unpaired) electrons. The van der Waals surface area contributed by atoms with Crippen LogP contribution in [0.5, 0.6) is 0 Å². The number of hydrogen-bond acceptors (Lipinski definition) is 5. The lowest BCUT2D eigenvalue weighted by molar-refractivity contribution is -0.127. The van der Waals surface area contributed by atoms with Crippen LogP contribution in [0.1, 0.15) is 37.4 Å². The molecule has 0 aliphatic carbocycles. The number of anilines is 1. The predicted molar refractivity (Wildman–Crippen MR) is 136 cm³/mol. The second-order valence-corrected chi connectivity index (χ2v) is 8.94. The van der Waals surface area contributed by atoms with Crippen LogP contribution in [0.25, 0.3) is 11.0 Å². The molecule has 35 heavy (non-hydrogen) atoms. The Labute approximate surface area is 205 Å². The average Bonchev–Trinajstić information content (AvgIpc) is 3.26. The van der Waals surface area contributed by atoms with Crippen LogP contribution < -0.4 is 10.2 Å². The van der Waals surface area contributed by atoms with E-state index in [0.717, 1.165) is 17.5 Å². The third kappa shape index (κ3) is 5.54. The Morgan fingerprint density at radius 1 is 1.00 bits per heavy atom. The summed E-state index contributed by atoms with van der Waals surface area (Å²) >= 11 is 0. The number of benzene rings is 2. The number of hydrogen-bond donors (Lipinski definition) is 1. The van der Waals surface area contributed by atoms with Gasteiger partial charge >= 0.3 is 0 Å². The van der Waals surface area contributed by atoms with Gasteiger partial charge in [-0.25, -0.2) is 4.68 Å². The molecule has 2 aromatic heterocycles. The summed E-state index contributed by atoms with van der Waals surface area (Å²) in [5.74, 6) is -0.0583. The van der Waals surface area contributed by atoms with Gasteiger partial charge in [-0.15, -0.1) is 5.10 Å². The average molecular weight is 471 g/mol. The Kier molecular flexibility index (Phi) is 7.50. The van der Waals surface area contributed by atoms with E-state index in [1.165, 1.54) is 0 Å². The summed E-state index contributed by atoms with van der Waals surface area (Å²) in [5, 5.41) is 11.4. The second-order valence-electron chi connectivity index (χ2n) is 8.94. The summed E-state index contributed by atoms with van der Waals surface area (Å²) in [6, 6.07) is 17.7. The molecule has 4 rings (SSSR count). The Morgan fingerprint density at radius 3 is 2.46 bits per heavy atom. The minimum atomic E-state index is -0.867. The van der Waals surface area contributed by atoms with Crippen molar-refractivity contribution in [3.05, 3.63) is 84.2 Å². The fourth-order valence-corrected chi connectivity index (χ4v) is 4.03. The van der Waals surface area contributed by atoms with Crippen LogP contribution in [-0.4, -0.2) is 38.3 Å². The first-order valence-electron chi connectivity index (χ1n) is 11.8. The number of aryl methyl sites for hydroxylation is 1. The predicted octanol–water partition coefficient (Wildman–Crippen LogP) is 4.07. The molecule has 8 heteroatoms. The van der Waals surface area contributed by atoms with Gasteiger partial charge in [-0.2, -0.15) is 0 Å². The van der Waals surface area contributed by atoms with Gasteiger partial charge in [0.25, 0.3) is 0 Å². The molecule has 1 atom stereocenters. The number of aromatic nitrogens is 4. The van der Waals surface area contributed by atoms with Crippen molar-refractivity contribution >= 4 is 28.5 Å². The van der Waals surface area contributed by atoms with Gasteiger partial charge in [-0.1, -0.05) is 49.4 Å². The fraction of sp³-hybridized carbons (Fsp3) is 0.296. The quantitative estimate of drug-likeness (QED) is 0.398. The zero-order valence-electron chi connectivity index (χ0n) is 20.3. The molecule has 180 valence electrons. The van der Waals surface area contributed by atoms with Crippen molar-refractivity contribution in [3.63, 3.8) is 0 Å². The largest absolute Gasteiger partial charge is 0.354 e. The highest BCUT2D eigenvalue weighted by atomic mass is 16.2. The van der Waals surface area contributed by atoms with Crippen LogP contribution in [0, 0.1) is 12.8 Å². The molecule has 0 unspecified atom stereocenters. The van der Waals surface area contributed by atoms with E-state index in [2.05, 4.69) is 34.5 Å². The van der Waals surface area contributed by atoms with Crippen molar-refractivity contribution in [3.8, 4) is 0 Å². The summed E-state index contributed by atoms with van der Waals surface area (Å²) in [7, 11) is 0. The first kappa shape index (κ1) is 24.1. The number of pyridine rings is 1. The van der Waals surface area contributed by atoms with E-state index < -0.39 is 6.04 Å². The van der Waals surface area contributed by atoms with Crippen LogP contribution in [0.3, 0.4) is 0 Å². The number of para-hydroxylation sites is 2. The normalized spacial score (nSPS) is 12.0. The number of carbonyl (C=O) groups excluding carboxylic acids is 2. The van der Waals surface area contributed by atoms with E-state index >= 15 is 0 Å². The zero-order chi connectivity index (χ0) is 24.8. The standard InChI is InChI=1S/C27H30N6O2/c1-19(2)12-17-29-27(35)26(21-13-15-28-16-14-21)33(23-10-6-4-8-20(23)3)25(34)18-32-24-11-7-5-9-22(24)30-31-32/h4-11,13-16,19,26H,12,17-18H2,1-3H3,(H,29,35)/t26-/m1/s1. The maximum Gasteiger partial charge on any atom is 0.249 e. The Balaban J connectivity index is 1.76. The smallest absolute Gasteiger partial charge is 0.249 e. The van der Waals surface area contributed by atoms with Crippen molar-refractivity contribution in [2.24, 2.45) is 5.92 Å².